The molecular formula is C24H35NO2S. The second-order valence-corrected chi connectivity index (χ2v) is 8.92. The van der Waals surface area contributed by atoms with Gasteiger partial charge in [0.2, 0.25) is 0 Å². The number of benzene rings is 2. The fraction of sp³-hybridized carbons (Fsp3) is 0.500. The van der Waals surface area contributed by atoms with Gasteiger partial charge in [-0.2, -0.15) is 11.8 Å². The highest BCUT2D eigenvalue weighted by atomic mass is 32.2. The molecule has 3 nitrogen and oxygen atoms in total. The largest absolute Gasteiger partial charge is 0.493 e. The number of ether oxygens (including phenoxy) is 2. The Kier molecular flexibility index (Phi) is 10.3. The molecule has 0 aliphatic rings. The number of methoxy groups -OCH3 is 1. The molecule has 0 fully saturated rings. The van der Waals surface area contributed by atoms with Crippen LogP contribution < -0.4 is 14.8 Å². The summed E-state index contributed by atoms with van der Waals surface area (Å²) in [6.07, 6.45) is 3.04. The molecule has 154 valence electrons. The van der Waals surface area contributed by atoms with Crippen molar-refractivity contribution in [1.82, 2.24) is 5.32 Å². The van der Waals surface area contributed by atoms with Crippen LogP contribution in [-0.4, -0.2) is 37.3 Å². The fourth-order valence-corrected chi connectivity index (χ4v) is 3.87. The molecule has 4 heteroatoms. The van der Waals surface area contributed by atoms with Crippen LogP contribution >= 0.6 is 11.8 Å². The van der Waals surface area contributed by atoms with Crippen LogP contribution in [0.3, 0.4) is 0 Å². The van der Waals surface area contributed by atoms with E-state index >= 15 is 0 Å². The van der Waals surface area contributed by atoms with Crippen LogP contribution in [0.15, 0.2) is 48.5 Å². The van der Waals surface area contributed by atoms with E-state index in [1.807, 2.05) is 23.9 Å². The molecule has 0 aliphatic heterocycles. The van der Waals surface area contributed by atoms with Crippen LogP contribution in [0.2, 0.25) is 0 Å². The second-order valence-electron chi connectivity index (χ2n) is 7.31. The van der Waals surface area contributed by atoms with Gasteiger partial charge in [-0.25, -0.2) is 0 Å². The summed E-state index contributed by atoms with van der Waals surface area (Å²) in [6.45, 7) is 8.43. The molecular weight excluding hydrogens is 366 g/mol. The molecule has 1 unspecified atom stereocenters. The Balaban J connectivity index is 2.00. The number of hydrogen-bond acceptors (Lipinski definition) is 4. The van der Waals surface area contributed by atoms with E-state index in [2.05, 4.69) is 62.5 Å². The van der Waals surface area contributed by atoms with Crippen LogP contribution in [0.25, 0.3) is 0 Å². The summed E-state index contributed by atoms with van der Waals surface area (Å²) in [5.41, 5.74) is 2.57. The molecule has 2 rings (SSSR count). The summed E-state index contributed by atoms with van der Waals surface area (Å²) in [4.78, 5) is 0. The van der Waals surface area contributed by atoms with Crippen LogP contribution in [0.5, 0.6) is 11.5 Å². The Hall–Kier alpha value is -1.65. The highest BCUT2D eigenvalue weighted by Gasteiger charge is 2.13. The summed E-state index contributed by atoms with van der Waals surface area (Å²) in [7, 11) is 1.70. The third kappa shape index (κ3) is 8.15. The van der Waals surface area contributed by atoms with Crippen LogP contribution in [0, 0.1) is 0 Å². The van der Waals surface area contributed by atoms with Crippen LogP contribution in [-0.2, 0) is 12.8 Å². The molecule has 0 aliphatic carbocycles. The molecule has 0 spiro atoms. The molecule has 0 saturated heterocycles. The molecule has 1 N–H and O–H groups in total. The first kappa shape index (κ1) is 22.6. The lowest BCUT2D eigenvalue weighted by molar-refractivity contribution is 0.297. The average molecular weight is 402 g/mol. The second kappa shape index (κ2) is 12.7. The van der Waals surface area contributed by atoms with Gasteiger partial charge in [0.05, 0.1) is 13.7 Å². The van der Waals surface area contributed by atoms with Gasteiger partial charge in [-0.05, 0) is 47.9 Å². The monoisotopic (exact) mass is 401 g/mol. The van der Waals surface area contributed by atoms with Gasteiger partial charge in [0.25, 0.3) is 0 Å². The van der Waals surface area contributed by atoms with Crippen molar-refractivity contribution in [2.24, 2.45) is 0 Å². The van der Waals surface area contributed by atoms with E-state index in [1.165, 1.54) is 11.1 Å². The highest BCUT2D eigenvalue weighted by molar-refractivity contribution is 7.99. The van der Waals surface area contributed by atoms with E-state index in [0.29, 0.717) is 17.9 Å². The van der Waals surface area contributed by atoms with E-state index < -0.39 is 0 Å². The van der Waals surface area contributed by atoms with E-state index in [1.54, 1.807) is 7.11 Å². The first-order valence-electron chi connectivity index (χ1n) is 10.3. The Morgan fingerprint density at radius 2 is 1.79 bits per heavy atom. The topological polar surface area (TPSA) is 30.5 Å². The molecule has 0 radical (unpaired) electrons. The summed E-state index contributed by atoms with van der Waals surface area (Å²) >= 11 is 2.01. The number of rotatable bonds is 13. The molecule has 0 heterocycles. The first-order chi connectivity index (χ1) is 13.6. The summed E-state index contributed by atoms with van der Waals surface area (Å²) in [5.74, 6) is 2.75. The zero-order chi connectivity index (χ0) is 20.2. The predicted octanol–water partition coefficient (Wildman–Crippen LogP) is 5.37. The van der Waals surface area contributed by atoms with Gasteiger partial charge in [-0.1, -0.05) is 57.2 Å². The van der Waals surface area contributed by atoms with Gasteiger partial charge in [0.1, 0.15) is 0 Å². The molecule has 2 aromatic rings. The Morgan fingerprint density at radius 1 is 1.00 bits per heavy atom. The van der Waals surface area contributed by atoms with Crippen molar-refractivity contribution in [2.45, 2.75) is 51.3 Å². The zero-order valence-corrected chi connectivity index (χ0v) is 18.6. The number of nitrogens with one attached hydrogen (secondary N) is 1. The Morgan fingerprint density at radius 3 is 2.46 bits per heavy atom. The minimum Gasteiger partial charge on any atom is -0.493 e. The lowest BCUT2D eigenvalue weighted by Gasteiger charge is -2.20. The number of thioether (sulfide) groups is 1. The normalized spacial score (nSPS) is 12.2. The van der Waals surface area contributed by atoms with Crippen molar-refractivity contribution >= 4 is 11.8 Å². The minimum atomic E-state index is 0.470. The molecule has 2 aromatic carbocycles. The van der Waals surface area contributed by atoms with Gasteiger partial charge >= 0.3 is 0 Å². The van der Waals surface area contributed by atoms with Crippen LogP contribution in [0.4, 0.5) is 0 Å². The maximum atomic E-state index is 6.08. The fourth-order valence-electron chi connectivity index (χ4n) is 3.02. The molecule has 28 heavy (non-hydrogen) atoms. The lowest BCUT2D eigenvalue weighted by Crippen LogP contribution is -2.34. The van der Waals surface area contributed by atoms with Crippen molar-refractivity contribution in [3.05, 3.63) is 59.7 Å². The smallest absolute Gasteiger partial charge is 0.161 e. The van der Waals surface area contributed by atoms with Crippen molar-refractivity contribution in [1.29, 1.82) is 0 Å². The molecule has 0 aromatic heterocycles. The summed E-state index contributed by atoms with van der Waals surface area (Å²) in [6, 6.07) is 17.2. The van der Waals surface area contributed by atoms with Gasteiger partial charge < -0.3 is 14.8 Å². The minimum absolute atomic E-state index is 0.470. The zero-order valence-electron chi connectivity index (χ0n) is 17.7. The van der Waals surface area contributed by atoms with E-state index in [-0.39, 0.29) is 0 Å². The predicted molar refractivity (Wildman–Crippen MR) is 122 cm³/mol. The van der Waals surface area contributed by atoms with E-state index in [4.69, 9.17) is 9.47 Å². The van der Waals surface area contributed by atoms with Crippen molar-refractivity contribution in [3.8, 4) is 11.5 Å². The summed E-state index contributed by atoms with van der Waals surface area (Å²) in [5, 5.41) is 4.34. The maximum absolute atomic E-state index is 6.08. The lowest BCUT2D eigenvalue weighted by atomic mass is 10.1. The number of hydrogen-bond donors (Lipinski definition) is 1. The molecule has 0 amide bonds. The standard InChI is InChI=1S/C24H35NO2S/c1-5-14-25-22(18-28-19(2)3)16-21-11-12-23(26-4)24(17-21)27-15-13-20-9-7-6-8-10-20/h6-12,17,19,22,25H,5,13-16,18H2,1-4H3. The van der Waals surface area contributed by atoms with Gasteiger partial charge in [-0.3, -0.25) is 0 Å². The molecule has 1 atom stereocenters. The summed E-state index contributed by atoms with van der Waals surface area (Å²) < 4.78 is 11.6. The van der Waals surface area contributed by atoms with Crippen LogP contribution in [0.1, 0.15) is 38.3 Å². The highest BCUT2D eigenvalue weighted by Crippen LogP contribution is 2.29. The van der Waals surface area contributed by atoms with Crippen molar-refractivity contribution in [2.75, 3.05) is 26.0 Å². The third-order valence-electron chi connectivity index (χ3n) is 4.52. The quantitative estimate of drug-likeness (QED) is 0.489. The maximum Gasteiger partial charge on any atom is 0.161 e. The first-order valence-corrected chi connectivity index (χ1v) is 11.4. The Bertz CT molecular complexity index is 676. The third-order valence-corrected chi connectivity index (χ3v) is 5.78. The average Bonchev–Trinajstić information content (AvgIpc) is 2.71. The SMILES string of the molecule is CCCNC(CSC(C)C)Cc1ccc(OC)c(OCCc2ccccc2)c1. The Labute approximate surface area is 175 Å². The van der Waals surface area contributed by atoms with E-state index in [0.717, 1.165) is 43.1 Å². The van der Waals surface area contributed by atoms with Crippen molar-refractivity contribution < 1.29 is 9.47 Å². The van der Waals surface area contributed by atoms with E-state index in [9.17, 15) is 0 Å². The molecule has 0 saturated carbocycles. The van der Waals surface area contributed by atoms with Gasteiger partial charge in [0.15, 0.2) is 11.5 Å². The van der Waals surface area contributed by atoms with Crippen molar-refractivity contribution in [3.63, 3.8) is 0 Å². The van der Waals surface area contributed by atoms with Gasteiger partial charge in [0, 0.05) is 18.2 Å². The van der Waals surface area contributed by atoms with Gasteiger partial charge in [-0.15, -0.1) is 0 Å². The molecule has 0 bridgehead atoms.